The summed E-state index contributed by atoms with van der Waals surface area (Å²) < 4.78 is 5.49. The van der Waals surface area contributed by atoms with Crippen LogP contribution in [-0.4, -0.2) is 43.3 Å². The second-order valence-corrected chi connectivity index (χ2v) is 4.68. The average Bonchev–Trinajstić information content (AvgIpc) is 2.28. The molecule has 0 spiro atoms. The Labute approximate surface area is 94.0 Å². The third-order valence-corrected chi connectivity index (χ3v) is 3.64. The van der Waals surface area contributed by atoms with Crippen molar-refractivity contribution in [2.75, 3.05) is 26.3 Å². The van der Waals surface area contributed by atoms with E-state index in [9.17, 15) is 0 Å². The van der Waals surface area contributed by atoms with Gasteiger partial charge in [0.25, 0.3) is 0 Å². The van der Waals surface area contributed by atoms with Crippen molar-refractivity contribution in [3.05, 3.63) is 0 Å². The topological polar surface area (TPSA) is 38.5 Å². The van der Waals surface area contributed by atoms with E-state index < -0.39 is 0 Å². The zero-order chi connectivity index (χ0) is 11.3. The average molecular weight is 214 g/mol. The maximum Gasteiger partial charge on any atom is 0.0622 e. The van der Waals surface area contributed by atoms with Gasteiger partial charge in [0, 0.05) is 25.2 Å². The van der Waals surface area contributed by atoms with Gasteiger partial charge in [-0.25, -0.2) is 0 Å². The molecule has 1 aliphatic heterocycles. The lowest BCUT2D eigenvalue weighted by Crippen LogP contribution is -2.51. The molecule has 0 aromatic heterocycles. The fourth-order valence-electron chi connectivity index (χ4n) is 2.06. The van der Waals surface area contributed by atoms with Crippen molar-refractivity contribution in [2.45, 2.75) is 45.7 Å². The summed E-state index contributed by atoms with van der Waals surface area (Å²) in [7, 11) is 0. The fourth-order valence-corrected chi connectivity index (χ4v) is 2.06. The predicted molar refractivity (Wildman–Crippen MR) is 63.9 cm³/mol. The first-order chi connectivity index (χ1) is 7.19. The number of morpholine rings is 1. The largest absolute Gasteiger partial charge is 0.378 e. The lowest BCUT2D eigenvalue weighted by atomic mass is 9.98. The molecule has 0 amide bonds. The Hall–Kier alpha value is -0.120. The molecule has 3 atom stereocenters. The molecule has 0 aromatic rings. The fraction of sp³-hybridized carbons (Fsp3) is 1.00. The van der Waals surface area contributed by atoms with E-state index in [0.29, 0.717) is 18.0 Å². The normalized spacial score (nSPS) is 27.6. The van der Waals surface area contributed by atoms with Crippen LogP contribution in [-0.2, 0) is 4.74 Å². The maximum atomic E-state index is 6.19. The molecule has 3 nitrogen and oxygen atoms in total. The maximum absolute atomic E-state index is 6.19. The van der Waals surface area contributed by atoms with E-state index in [1.165, 1.54) is 6.42 Å². The molecule has 0 aliphatic carbocycles. The highest BCUT2D eigenvalue weighted by molar-refractivity contribution is 4.80. The van der Waals surface area contributed by atoms with Crippen LogP contribution in [0.4, 0.5) is 0 Å². The van der Waals surface area contributed by atoms with E-state index in [1.54, 1.807) is 0 Å². The van der Waals surface area contributed by atoms with Gasteiger partial charge in [0.2, 0.25) is 0 Å². The molecule has 0 aromatic carbocycles. The Morgan fingerprint density at radius 2 is 2.20 bits per heavy atom. The standard InChI is InChI=1S/C12H26N2O/c1-4-10(3)12(13)8-14-6-7-15-9-11(14)5-2/h10-12H,4-9,13H2,1-3H3. The van der Waals surface area contributed by atoms with Crippen LogP contribution in [0.3, 0.4) is 0 Å². The quantitative estimate of drug-likeness (QED) is 0.753. The summed E-state index contributed by atoms with van der Waals surface area (Å²) in [5.74, 6) is 0.616. The monoisotopic (exact) mass is 214 g/mol. The SMILES string of the molecule is CCC(C)C(N)CN1CCOCC1CC. The van der Waals surface area contributed by atoms with E-state index in [2.05, 4.69) is 25.7 Å². The minimum absolute atomic E-state index is 0.308. The van der Waals surface area contributed by atoms with E-state index in [0.717, 1.165) is 32.7 Å². The molecule has 0 bridgehead atoms. The predicted octanol–water partition coefficient (Wildman–Crippen LogP) is 1.47. The van der Waals surface area contributed by atoms with Crippen molar-refractivity contribution in [3.63, 3.8) is 0 Å². The highest BCUT2D eigenvalue weighted by Crippen LogP contribution is 2.13. The van der Waals surface area contributed by atoms with E-state index >= 15 is 0 Å². The third-order valence-electron chi connectivity index (χ3n) is 3.64. The van der Waals surface area contributed by atoms with Crippen LogP contribution in [0.25, 0.3) is 0 Å². The van der Waals surface area contributed by atoms with Crippen molar-refractivity contribution >= 4 is 0 Å². The minimum Gasteiger partial charge on any atom is -0.378 e. The van der Waals surface area contributed by atoms with Crippen LogP contribution in [0.5, 0.6) is 0 Å². The first-order valence-electron chi connectivity index (χ1n) is 6.26. The summed E-state index contributed by atoms with van der Waals surface area (Å²) in [5, 5.41) is 0. The van der Waals surface area contributed by atoms with Crippen LogP contribution < -0.4 is 5.73 Å². The Bertz CT molecular complexity index is 175. The molecule has 1 fully saturated rings. The van der Waals surface area contributed by atoms with Crippen molar-refractivity contribution in [1.29, 1.82) is 0 Å². The third kappa shape index (κ3) is 3.74. The van der Waals surface area contributed by atoms with Gasteiger partial charge in [-0.1, -0.05) is 27.2 Å². The Morgan fingerprint density at radius 1 is 1.47 bits per heavy atom. The molecule has 3 heteroatoms. The van der Waals surface area contributed by atoms with Crippen LogP contribution in [0.15, 0.2) is 0 Å². The zero-order valence-corrected chi connectivity index (χ0v) is 10.4. The Morgan fingerprint density at radius 3 is 2.80 bits per heavy atom. The molecule has 1 aliphatic rings. The Kier molecular flexibility index (Phi) is 5.58. The summed E-state index contributed by atoms with van der Waals surface area (Å²) in [6.07, 6.45) is 2.33. The van der Waals surface area contributed by atoms with Gasteiger partial charge in [-0.2, -0.15) is 0 Å². The molecule has 1 heterocycles. The second kappa shape index (κ2) is 6.46. The molecule has 3 unspecified atom stereocenters. The van der Waals surface area contributed by atoms with E-state index in [1.807, 2.05) is 0 Å². The lowest BCUT2D eigenvalue weighted by Gasteiger charge is -2.37. The van der Waals surface area contributed by atoms with Crippen LogP contribution >= 0.6 is 0 Å². The number of hydrogen-bond acceptors (Lipinski definition) is 3. The molecule has 2 N–H and O–H groups in total. The van der Waals surface area contributed by atoms with Gasteiger partial charge in [-0.3, -0.25) is 4.90 Å². The number of hydrogen-bond donors (Lipinski definition) is 1. The first kappa shape index (κ1) is 12.9. The zero-order valence-electron chi connectivity index (χ0n) is 10.4. The molecule has 1 rings (SSSR count). The summed E-state index contributed by atoms with van der Waals surface area (Å²) in [6, 6.07) is 0.885. The highest BCUT2D eigenvalue weighted by atomic mass is 16.5. The van der Waals surface area contributed by atoms with Crippen molar-refractivity contribution in [3.8, 4) is 0 Å². The van der Waals surface area contributed by atoms with Gasteiger partial charge in [0.1, 0.15) is 0 Å². The lowest BCUT2D eigenvalue weighted by molar-refractivity contribution is -0.0131. The molecule has 0 radical (unpaired) electrons. The molecular weight excluding hydrogens is 188 g/mol. The smallest absolute Gasteiger partial charge is 0.0622 e. The van der Waals surface area contributed by atoms with Gasteiger partial charge >= 0.3 is 0 Å². The van der Waals surface area contributed by atoms with Gasteiger partial charge in [-0.05, 0) is 12.3 Å². The molecule has 90 valence electrons. The van der Waals surface area contributed by atoms with Gasteiger partial charge in [0.05, 0.1) is 13.2 Å². The van der Waals surface area contributed by atoms with Crippen LogP contribution in [0.1, 0.15) is 33.6 Å². The van der Waals surface area contributed by atoms with Gasteiger partial charge < -0.3 is 10.5 Å². The summed E-state index contributed by atoms with van der Waals surface area (Å²) >= 11 is 0. The van der Waals surface area contributed by atoms with Crippen LogP contribution in [0, 0.1) is 5.92 Å². The number of rotatable bonds is 5. The van der Waals surface area contributed by atoms with Crippen molar-refractivity contribution in [1.82, 2.24) is 4.90 Å². The number of nitrogens with zero attached hydrogens (tertiary/aromatic N) is 1. The second-order valence-electron chi connectivity index (χ2n) is 4.68. The Balaban J connectivity index is 2.40. The molecular formula is C12H26N2O. The molecule has 1 saturated heterocycles. The summed E-state index contributed by atoms with van der Waals surface area (Å²) in [4.78, 5) is 2.50. The van der Waals surface area contributed by atoms with Gasteiger partial charge in [0.15, 0.2) is 0 Å². The van der Waals surface area contributed by atoms with E-state index in [-0.39, 0.29) is 0 Å². The minimum atomic E-state index is 0.308. The summed E-state index contributed by atoms with van der Waals surface area (Å²) in [5.41, 5.74) is 6.19. The first-order valence-corrected chi connectivity index (χ1v) is 6.26. The van der Waals surface area contributed by atoms with E-state index in [4.69, 9.17) is 10.5 Å². The number of nitrogens with two attached hydrogens (primary N) is 1. The van der Waals surface area contributed by atoms with Crippen LogP contribution in [0.2, 0.25) is 0 Å². The van der Waals surface area contributed by atoms with Crippen molar-refractivity contribution in [2.24, 2.45) is 11.7 Å². The van der Waals surface area contributed by atoms with Gasteiger partial charge in [-0.15, -0.1) is 0 Å². The molecule has 0 saturated carbocycles. The number of ether oxygens (including phenoxy) is 1. The molecule has 15 heavy (non-hydrogen) atoms. The highest BCUT2D eigenvalue weighted by Gasteiger charge is 2.24. The summed E-state index contributed by atoms with van der Waals surface area (Å²) in [6.45, 7) is 10.5. The van der Waals surface area contributed by atoms with Crippen molar-refractivity contribution < 1.29 is 4.74 Å².